The van der Waals surface area contributed by atoms with Gasteiger partial charge in [-0.2, -0.15) is 0 Å². The molecule has 1 aromatic rings. The molecule has 33 heavy (non-hydrogen) atoms. The number of aliphatic imine (C=N–C) groups is 1. The van der Waals surface area contributed by atoms with Crippen LogP contribution in [-0.4, -0.2) is 74.0 Å². The number of aliphatic hydroxyl groups excluding tert-OH is 1. The highest BCUT2D eigenvalue weighted by molar-refractivity contribution is 14.0. The number of piperidine rings is 2. The summed E-state index contributed by atoms with van der Waals surface area (Å²) in [6, 6.07) is 8.95. The Bertz CT molecular complexity index is 730. The van der Waals surface area contributed by atoms with E-state index in [1.807, 2.05) is 6.92 Å². The van der Waals surface area contributed by atoms with E-state index in [-0.39, 0.29) is 30.1 Å². The number of nitrogens with zero attached hydrogens (tertiary/aromatic N) is 3. The van der Waals surface area contributed by atoms with Crippen molar-refractivity contribution >= 4 is 41.7 Å². The topological polar surface area (TPSA) is 89.4 Å². The van der Waals surface area contributed by atoms with E-state index in [9.17, 15) is 9.90 Å². The highest BCUT2D eigenvalue weighted by atomic mass is 127. The summed E-state index contributed by atoms with van der Waals surface area (Å²) in [6.07, 6.45) is 3.65. The van der Waals surface area contributed by atoms with Crippen LogP contribution in [0.25, 0.3) is 0 Å². The lowest BCUT2D eigenvalue weighted by atomic mass is 9.97. The van der Waals surface area contributed by atoms with Crippen LogP contribution in [0.2, 0.25) is 0 Å². The number of nitrogens with one attached hydrogen (secondary N) is 2. The largest absolute Gasteiger partial charge is 0.450 e. The van der Waals surface area contributed by atoms with Gasteiger partial charge in [-0.3, -0.25) is 0 Å². The van der Waals surface area contributed by atoms with Crippen LogP contribution in [0.15, 0.2) is 29.3 Å². The Morgan fingerprint density at radius 2 is 1.76 bits per heavy atom. The molecule has 9 heteroatoms. The minimum Gasteiger partial charge on any atom is -0.450 e. The molecular formula is C24H40IN5O3. The Hall–Kier alpha value is -1.75. The first-order chi connectivity index (χ1) is 15.6. The van der Waals surface area contributed by atoms with Crippen molar-refractivity contribution in [1.29, 1.82) is 0 Å². The number of rotatable bonds is 7. The third-order valence-corrected chi connectivity index (χ3v) is 6.30. The molecule has 2 aliphatic heterocycles. The van der Waals surface area contributed by atoms with Gasteiger partial charge in [-0.25, -0.2) is 9.79 Å². The van der Waals surface area contributed by atoms with Gasteiger partial charge in [-0.15, -0.1) is 24.0 Å². The van der Waals surface area contributed by atoms with Crippen molar-refractivity contribution in [1.82, 2.24) is 15.5 Å². The number of benzene rings is 1. The fraction of sp³-hybridized carbons (Fsp3) is 0.667. The number of carbonyl (C=O) groups excluding carboxylic acids is 1. The van der Waals surface area contributed by atoms with Gasteiger partial charge in [0.15, 0.2) is 5.96 Å². The van der Waals surface area contributed by atoms with E-state index < -0.39 is 0 Å². The molecule has 0 aromatic heterocycles. The second-order valence-corrected chi connectivity index (χ2v) is 8.58. The lowest BCUT2D eigenvalue weighted by Crippen LogP contribution is -2.49. The summed E-state index contributed by atoms with van der Waals surface area (Å²) < 4.78 is 5.10. The van der Waals surface area contributed by atoms with Gasteiger partial charge in [-0.1, -0.05) is 12.1 Å². The summed E-state index contributed by atoms with van der Waals surface area (Å²) in [6.45, 7) is 9.45. The first-order valence-electron chi connectivity index (χ1n) is 12.0. The molecule has 2 fully saturated rings. The number of guanidine groups is 1. The first kappa shape index (κ1) is 27.5. The van der Waals surface area contributed by atoms with E-state index in [0.717, 1.165) is 51.3 Å². The zero-order valence-electron chi connectivity index (χ0n) is 20.0. The Kier molecular flexibility index (Phi) is 12.1. The maximum Gasteiger partial charge on any atom is 0.409 e. The van der Waals surface area contributed by atoms with Crippen LogP contribution in [0.4, 0.5) is 10.5 Å². The lowest BCUT2D eigenvalue weighted by Gasteiger charge is -2.33. The van der Waals surface area contributed by atoms with E-state index in [2.05, 4.69) is 46.7 Å². The normalized spacial score (nSPS) is 18.0. The second kappa shape index (κ2) is 14.5. The number of aliphatic hydroxyl groups is 1. The molecule has 0 saturated carbocycles. The minimum atomic E-state index is -0.215. The highest BCUT2D eigenvalue weighted by Crippen LogP contribution is 2.23. The fourth-order valence-electron chi connectivity index (χ4n) is 4.29. The van der Waals surface area contributed by atoms with Gasteiger partial charge in [0.05, 0.1) is 13.2 Å². The number of likely N-dealkylation sites (tertiary alicyclic amines) is 1. The second-order valence-electron chi connectivity index (χ2n) is 8.58. The van der Waals surface area contributed by atoms with Crippen molar-refractivity contribution in [2.45, 2.75) is 52.1 Å². The monoisotopic (exact) mass is 573 g/mol. The third-order valence-electron chi connectivity index (χ3n) is 6.30. The van der Waals surface area contributed by atoms with Crippen LogP contribution in [0.1, 0.15) is 45.1 Å². The van der Waals surface area contributed by atoms with Crippen molar-refractivity contribution in [2.75, 3.05) is 50.8 Å². The van der Waals surface area contributed by atoms with Gasteiger partial charge in [0.2, 0.25) is 0 Å². The summed E-state index contributed by atoms with van der Waals surface area (Å²) in [4.78, 5) is 20.8. The van der Waals surface area contributed by atoms with Crippen molar-refractivity contribution in [2.24, 2.45) is 10.9 Å². The lowest BCUT2D eigenvalue weighted by molar-refractivity contribution is 0.0963. The molecule has 2 saturated heterocycles. The number of hydrogen-bond donors (Lipinski definition) is 3. The highest BCUT2D eigenvalue weighted by Gasteiger charge is 2.24. The van der Waals surface area contributed by atoms with E-state index in [1.54, 1.807) is 4.90 Å². The molecule has 3 N–H and O–H groups in total. The van der Waals surface area contributed by atoms with Gasteiger partial charge in [-0.05, 0) is 63.1 Å². The van der Waals surface area contributed by atoms with Crippen molar-refractivity contribution < 1.29 is 14.6 Å². The molecule has 3 rings (SSSR count). The molecule has 1 aromatic carbocycles. The van der Waals surface area contributed by atoms with E-state index in [0.29, 0.717) is 44.8 Å². The fourth-order valence-corrected chi connectivity index (χ4v) is 4.29. The Morgan fingerprint density at radius 3 is 2.33 bits per heavy atom. The average Bonchev–Trinajstić information content (AvgIpc) is 2.84. The molecule has 0 spiro atoms. The molecule has 8 nitrogen and oxygen atoms in total. The zero-order chi connectivity index (χ0) is 22.8. The maximum absolute atomic E-state index is 11.9. The number of hydrogen-bond acceptors (Lipinski definition) is 5. The Morgan fingerprint density at radius 1 is 1.09 bits per heavy atom. The predicted molar refractivity (Wildman–Crippen MR) is 143 cm³/mol. The van der Waals surface area contributed by atoms with Gasteiger partial charge in [0.1, 0.15) is 0 Å². The molecule has 186 valence electrons. The number of halogens is 1. The SMILES string of the molecule is CCNC(=NCc1ccc(N2CCC(CO)CC2)cc1)NC1CCN(C(=O)OCC)CC1.I. The summed E-state index contributed by atoms with van der Waals surface area (Å²) >= 11 is 0. The van der Waals surface area contributed by atoms with Crippen LogP contribution in [0.5, 0.6) is 0 Å². The molecule has 0 atom stereocenters. The summed E-state index contributed by atoms with van der Waals surface area (Å²) in [5.74, 6) is 1.27. The Balaban J connectivity index is 0.00000385. The summed E-state index contributed by atoms with van der Waals surface area (Å²) in [5.41, 5.74) is 2.42. The third kappa shape index (κ3) is 8.51. The molecule has 2 heterocycles. The standard InChI is InChI=1S/C24H39N5O3.HI/c1-3-25-23(27-21-11-15-29(16-12-21)24(31)32-4-2)26-17-19-5-7-22(8-6-19)28-13-9-20(18-30)10-14-28;/h5-8,20-21,30H,3-4,9-18H2,1-2H3,(H2,25,26,27);1H. The quantitative estimate of drug-likeness (QED) is 0.264. The van der Waals surface area contributed by atoms with E-state index >= 15 is 0 Å². The summed E-state index contributed by atoms with van der Waals surface area (Å²) in [5, 5.41) is 16.2. The molecule has 0 unspecified atom stereocenters. The van der Waals surface area contributed by atoms with Crippen molar-refractivity contribution in [3.05, 3.63) is 29.8 Å². The molecule has 0 radical (unpaired) electrons. The number of carbonyl (C=O) groups is 1. The molecule has 1 amide bonds. The first-order valence-corrected chi connectivity index (χ1v) is 12.0. The van der Waals surface area contributed by atoms with Gasteiger partial charge in [0.25, 0.3) is 0 Å². The minimum absolute atomic E-state index is 0. The average molecular weight is 574 g/mol. The van der Waals surface area contributed by atoms with E-state index in [4.69, 9.17) is 9.73 Å². The zero-order valence-corrected chi connectivity index (χ0v) is 22.3. The van der Waals surface area contributed by atoms with Crippen molar-refractivity contribution in [3.63, 3.8) is 0 Å². The molecule has 2 aliphatic rings. The predicted octanol–water partition coefficient (Wildman–Crippen LogP) is 3.19. The van der Waals surface area contributed by atoms with Gasteiger partial charge in [0, 0.05) is 51.1 Å². The van der Waals surface area contributed by atoms with Crippen LogP contribution < -0.4 is 15.5 Å². The van der Waals surface area contributed by atoms with Gasteiger partial charge < -0.3 is 30.3 Å². The molecule has 0 bridgehead atoms. The van der Waals surface area contributed by atoms with Crippen LogP contribution in [-0.2, 0) is 11.3 Å². The van der Waals surface area contributed by atoms with Crippen LogP contribution in [0.3, 0.4) is 0 Å². The molecule has 0 aliphatic carbocycles. The van der Waals surface area contributed by atoms with Crippen LogP contribution >= 0.6 is 24.0 Å². The smallest absolute Gasteiger partial charge is 0.409 e. The summed E-state index contributed by atoms with van der Waals surface area (Å²) in [7, 11) is 0. The van der Waals surface area contributed by atoms with Crippen molar-refractivity contribution in [3.8, 4) is 0 Å². The van der Waals surface area contributed by atoms with Crippen LogP contribution in [0, 0.1) is 5.92 Å². The maximum atomic E-state index is 11.9. The molecular weight excluding hydrogens is 533 g/mol. The number of amides is 1. The van der Waals surface area contributed by atoms with Gasteiger partial charge >= 0.3 is 6.09 Å². The Labute approximate surface area is 215 Å². The number of anilines is 1. The van der Waals surface area contributed by atoms with E-state index in [1.165, 1.54) is 11.3 Å². The number of ether oxygens (including phenoxy) is 1.